The summed E-state index contributed by atoms with van der Waals surface area (Å²) in [5, 5.41) is 3.19. The van der Waals surface area contributed by atoms with Crippen LogP contribution in [0.4, 0.5) is 9.18 Å². The van der Waals surface area contributed by atoms with Crippen molar-refractivity contribution in [1.82, 2.24) is 10.2 Å². The summed E-state index contributed by atoms with van der Waals surface area (Å²) in [6, 6.07) is -0.222. The zero-order chi connectivity index (χ0) is 17.1. The standard InChI is InChI=1S/C16H29FN2O4/c1-15(2,3)23-14(20)19(4)8-7-18-13-5-6-16(11-12(13)17)21-9-10-22-16/h12-13,18H,5-11H2,1-4H3. The molecule has 1 amide bonds. The van der Waals surface area contributed by atoms with Gasteiger partial charge in [0.1, 0.15) is 11.8 Å². The van der Waals surface area contributed by atoms with Crippen molar-refractivity contribution in [3.05, 3.63) is 0 Å². The van der Waals surface area contributed by atoms with Gasteiger partial charge in [-0.05, 0) is 27.2 Å². The molecule has 0 aromatic carbocycles. The smallest absolute Gasteiger partial charge is 0.410 e. The number of carbonyl (C=O) groups is 1. The highest BCUT2D eigenvalue weighted by atomic mass is 19.1. The first kappa shape index (κ1) is 18.4. The van der Waals surface area contributed by atoms with E-state index < -0.39 is 17.6 Å². The fourth-order valence-corrected chi connectivity index (χ4v) is 2.94. The van der Waals surface area contributed by atoms with E-state index in [1.165, 1.54) is 4.90 Å². The Hall–Kier alpha value is -0.920. The number of nitrogens with one attached hydrogen (secondary N) is 1. The molecule has 7 heteroatoms. The van der Waals surface area contributed by atoms with Crippen molar-refractivity contribution in [3.63, 3.8) is 0 Å². The predicted octanol–water partition coefficient (Wildman–Crippen LogP) is 2.08. The lowest BCUT2D eigenvalue weighted by Gasteiger charge is -2.38. The van der Waals surface area contributed by atoms with E-state index in [-0.39, 0.29) is 18.6 Å². The third kappa shape index (κ3) is 5.29. The topological polar surface area (TPSA) is 60.0 Å². The summed E-state index contributed by atoms with van der Waals surface area (Å²) in [5.74, 6) is -0.703. The highest BCUT2D eigenvalue weighted by molar-refractivity contribution is 5.67. The molecule has 0 aromatic heterocycles. The van der Waals surface area contributed by atoms with E-state index in [0.717, 1.165) is 0 Å². The minimum Gasteiger partial charge on any atom is -0.444 e. The third-order valence-electron chi connectivity index (χ3n) is 4.15. The lowest BCUT2D eigenvalue weighted by atomic mass is 9.88. The first-order valence-corrected chi connectivity index (χ1v) is 8.30. The van der Waals surface area contributed by atoms with E-state index in [1.807, 2.05) is 20.8 Å². The van der Waals surface area contributed by atoms with Crippen LogP contribution in [0.1, 0.15) is 40.0 Å². The molecule has 1 aliphatic heterocycles. The maximum atomic E-state index is 14.3. The first-order valence-electron chi connectivity index (χ1n) is 8.30. The number of hydrogen-bond donors (Lipinski definition) is 1. The molecule has 1 aliphatic carbocycles. The van der Waals surface area contributed by atoms with Crippen LogP contribution < -0.4 is 5.32 Å². The molecule has 23 heavy (non-hydrogen) atoms. The molecule has 2 atom stereocenters. The lowest BCUT2D eigenvalue weighted by molar-refractivity contribution is -0.192. The second kappa shape index (κ2) is 7.32. The molecule has 2 aliphatic rings. The number of rotatable bonds is 4. The third-order valence-corrected chi connectivity index (χ3v) is 4.15. The van der Waals surface area contributed by atoms with Crippen molar-refractivity contribution in [2.45, 2.75) is 63.6 Å². The molecule has 1 N–H and O–H groups in total. The number of ether oxygens (including phenoxy) is 3. The van der Waals surface area contributed by atoms with Gasteiger partial charge < -0.3 is 24.4 Å². The van der Waals surface area contributed by atoms with Gasteiger partial charge in [0.25, 0.3) is 0 Å². The first-order chi connectivity index (χ1) is 10.7. The van der Waals surface area contributed by atoms with Crippen LogP contribution in [0.2, 0.25) is 0 Å². The zero-order valence-corrected chi connectivity index (χ0v) is 14.6. The average Bonchev–Trinajstić information content (AvgIpc) is 2.87. The van der Waals surface area contributed by atoms with E-state index in [0.29, 0.717) is 39.1 Å². The van der Waals surface area contributed by atoms with E-state index in [4.69, 9.17) is 14.2 Å². The second-order valence-electron chi connectivity index (χ2n) is 7.33. The van der Waals surface area contributed by atoms with Gasteiger partial charge in [0.2, 0.25) is 0 Å². The van der Waals surface area contributed by atoms with E-state index >= 15 is 0 Å². The summed E-state index contributed by atoms with van der Waals surface area (Å²) in [4.78, 5) is 13.3. The molecule has 0 radical (unpaired) electrons. The minimum absolute atomic E-state index is 0.222. The van der Waals surface area contributed by atoms with Crippen LogP contribution in [0.25, 0.3) is 0 Å². The number of alkyl halides is 1. The Morgan fingerprint density at radius 2 is 2.04 bits per heavy atom. The average molecular weight is 332 g/mol. The number of halogens is 1. The van der Waals surface area contributed by atoms with Crippen LogP contribution in [0.15, 0.2) is 0 Å². The van der Waals surface area contributed by atoms with Gasteiger partial charge in [-0.1, -0.05) is 0 Å². The number of nitrogens with zero attached hydrogens (tertiary/aromatic N) is 1. The molecule has 2 fully saturated rings. The normalized spacial score (nSPS) is 27.2. The Morgan fingerprint density at radius 3 is 2.61 bits per heavy atom. The zero-order valence-electron chi connectivity index (χ0n) is 14.6. The monoisotopic (exact) mass is 332 g/mol. The van der Waals surface area contributed by atoms with Gasteiger partial charge in [0.15, 0.2) is 5.79 Å². The molecule has 1 heterocycles. The van der Waals surface area contributed by atoms with Gasteiger partial charge in [0.05, 0.1) is 13.2 Å². The Bertz CT molecular complexity index is 407. The van der Waals surface area contributed by atoms with Crippen LogP contribution in [0.3, 0.4) is 0 Å². The molecule has 2 rings (SSSR count). The van der Waals surface area contributed by atoms with Gasteiger partial charge in [-0.3, -0.25) is 0 Å². The molecule has 1 saturated heterocycles. The van der Waals surface area contributed by atoms with Crippen molar-refractivity contribution < 1.29 is 23.4 Å². The maximum Gasteiger partial charge on any atom is 0.410 e. The highest BCUT2D eigenvalue weighted by Gasteiger charge is 2.45. The summed E-state index contributed by atoms with van der Waals surface area (Å²) in [6.07, 6.45) is 0.261. The molecule has 6 nitrogen and oxygen atoms in total. The number of carbonyl (C=O) groups excluding carboxylic acids is 1. The Labute approximate surface area is 137 Å². The van der Waals surface area contributed by atoms with Gasteiger partial charge in [-0.15, -0.1) is 0 Å². The van der Waals surface area contributed by atoms with Gasteiger partial charge in [-0.2, -0.15) is 0 Å². The number of amides is 1. The van der Waals surface area contributed by atoms with Crippen LogP contribution in [0.5, 0.6) is 0 Å². The van der Waals surface area contributed by atoms with Crippen LogP contribution in [-0.2, 0) is 14.2 Å². The molecule has 2 unspecified atom stereocenters. The van der Waals surface area contributed by atoms with Crippen molar-refractivity contribution in [2.24, 2.45) is 0 Å². The minimum atomic E-state index is -1.01. The van der Waals surface area contributed by atoms with Gasteiger partial charge >= 0.3 is 6.09 Å². The van der Waals surface area contributed by atoms with Crippen molar-refractivity contribution in [3.8, 4) is 0 Å². The maximum absolute atomic E-state index is 14.3. The van der Waals surface area contributed by atoms with E-state index in [2.05, 4.69) is 5.32 Å². The van der Waals surface area contributed by atoms with Gasteiger partial charge in [0, 0.05) is 39.0 Å². The fraction of sp³-hybridized carbons (Fsp3) is 0.938. The molecule has 0 bridgehead atoms. The molecule has 134 valence electrons. The molecule has 0 aromatic rings. The predicted molar refractivity (Wildman–Crippen MR) is 84.0 cm³/mol. The molecule has 1 spiro atoms. The fourth-order valence-electron chi connectivity index (χ4n) is 2.94. The Morgan fingerprint density at radius 1 is 1.39 bits per heavy atom. The summed E-state index contributed by atoms with van der Waals surface area (Å²) in [5.41, 5.74) is -0.512. The highest BCUT2D eigenvalue weighted by Crippen LogP contribution is 2.37. The summed E-state index contributed by atoms with van der Waals surface area (Å²) < 4.78 is 30.7. The Kier molecular flexibility index (Phi) is 5.86. The van der Waals surface area contributed by atoms with Gasteiger partial charge in [-0.25, -0.2) is 9.18 Å². The van der Waals surface area contributed by atoms with E-state index in [9.17, 15) is 9.18 Å². The SMILES string of the molecule is CN(CCNC1CCC2(CC1F)OCCO2)C(=O)OC(C)(C)C. The molecular formula is C16H29FN2O4. The quantitative estimate of drug-likeness (QED) is 0.854. The second-order valence-corrected chi connectivity index (χ2v) is 7.33. The summed E-state index contributed by atoms with van der Waals surface area (Å²) >= 11 is 0. The van der Waals surface area contributed by atoms with Crippen LogP contribution in [-0.4, -0.2) is 67.9 Å². The van der Waals surface area contributed by atoms with Crippen molar-refractivity contribution >= 4 is 6.09 Å². The lowest BCUT2D eigenvalue weighted by Crippen LogP contribution is -2.50. The van der Waals surface area contributed by atoms with Crippen molar-refractivity contribution in [1.29, 1.82) is 0 Å². The molecule has 1 saturated carbocycles. The Balaban J connectivity index is 1.69. The van der Waals surface area contributed by atoms with Crippen LogP contribution in [0, 0.1) is 0 Å². The molecular weight excluding hydrogens is 303 g/mol. The summed E-state index contributed by atoms with van der Waals surface area (Å²) in [6.45, 7) is 7.57. The van der Waals surface area contributed by atoms with Crippen molar-refractivity contribution in [2.75, 3.05) is 33.4 Å². The number of likely N-dealkylation sites (N-methyl/N-ethyl adjacent to an activating group) is 1. The number of hydrogen-bond acceptors (Lipinski definition) is 5. The van der Waals surface area contributed by atoms with Crippen LogP contribution >= 0.6 is 0 Å². The largest absolute Gasteiger partial charge is 0.444 e. The van der Waals surface area contributed by atoms with E-state index in [1.54, 1.807) is 7.05 Å². The summed E-state index contributed by atoms with van der Waals surface area (Å²) in [7, 11) is 1.68.